The third kappa shape index (κ3) is 2.00. The Kier molecular flexibility index (Phi) is 3.22. The number of hydrogen-bond donors (Lipinski definition) is 1. The highest BCUT2D eigenvalue weighted by atomic mass is 19.3. The lowest BCUT2D eigenvalue weighted by Crippen LogP contribution is -2.27. The first kappa shape index (κ1) is 12.1. The molecule has 0 amide bonds. The van der Waals surface area contributed by atoms with Crippen molar-refractivity contribution in [3.63, 3.8) is 0 Å². The van der Waals surface area contributed by atoms with Crippen LogP contribution >= 0.6 is 0 Å². The quantitative estimate of drug-likeness (QED) is 0.802. The average molecular weight is 230 g/mol. The minimum atomic E-state index is -4.12. The molecule has 0 aliphatic carbocycles. The lowest BCUT2D eigenvalue weighted by atomic mass is 10.0. The van der Waals surface area contributed by atoms with E-state index in [0.717, 1.165) is 19.2 Å². The van der Waals surface area contributed by atoms with Gasteiger partial charge in [-0.05, 0) is 6.07 Å². The van der Waals surface area contributed by atoms with Crippen LogP contribution in [0, 0.1) is 0 Å². The molecule has 4 nitrogen and oxygen atoms in total. The Balaban J connectivity index is 3.34. The van der Waals surface area contributed by atoms with Gasteiger partial charge < -0.3 is 9.84 Å². The highest BCUT2D eigenvalue weighted by molar-refractivity contribution is 5.93. The summed E-state index contributed by atoms with van der Waals surface area (Å²) in [6, 6.07) is 4.52. The van der Waals surface area contributed by atoms with Gasteiger partial charge in [-0.3, -0.25) is 0 Å². The number of carbonyl (C=O) groups is 2. The van der Waals surface area contributed by atoms with E-state index in [1.165, 1.54) is 12.1 Å². The number of esters is 1. The normalized spacial score (nSPS) is 10.9. The standard InChI is InChI=1S/C10H8F2O4/c1-16-8(13)6-4-2-3-5-7(6)10(11,12)9(14)15/h2-5H,1H3,(H,14,15). The largest absolute Gasteiger partial charge is 0.477 e. The lowest BCUT2D eigenvalue weighted by Gasteiger charge is -2.14. The van der Waals surface area contributed by atoms with Crippen molar-refractivity contribution in [2.45, 2.75) is 5.92 Å². The van der Waals surface area contributed by atoms with Crippen molar-refractivity contribution in [2.24, 2.45) is 0 Å². The number of carbonyl (C=O) groups excluding carboxylic acids is 1. The van der Waals surface area contributed by atoms with Crippen LogP contribution in [0.3, 0.4) is 0 Å². The fourth-order valence-electron chi connectivity index (χ4n) is 1.16. The molecule has 86 valence electrons. The summed E-state index contributed by atoms with van der Waals surface area (Å²) in [4.78, 5) is 21.5. The van der Waals surface area contributed by atoms with Crippen molar-refractivity contribution in [1.82, 2.24) is 0 Å². The molecular weight excluding hydrogens is 222 g/mol. The van der Waals surface area contributed by atoms with Crippen LogP contribution in [0.4, 0.5) is 8.78 Å². The lowest BCUT2D eigenvalue weighted by molar-refractivity contribution is -0.166. The Bertz CT molecular complexity index is 429. The molecule has 0 bridgehead atoms. The number of halogens is 2. The first-order valence-electron chi connectivity index (χ1n) is 4.20. The Morgan fingerprint density at radius 2 is 1.88 bits per heavy atom. The minimum absolute atomic E-state index is 0.461. The van der Waals surface area contributed by atoms with Gasteiger partial charge in [0.05, 0.1) is 12.7 Å². The molecule has 0 aliphatic rings. The van der Waals surface area contributed by atoms with E-state index in [9.17, 15) is 18.4 Å². The Hall–Kier alpha value is -1.98. The second-order valence-electron chi connectivity index (χ2n) is 2.92. The van der Waals surface area contributed by atoms with Crippen molar-refractivity contribution in [3.05, 3.63) is 35.4 Å². The van der Waals surface area contributed by atoms with Gasteiger partial charge in [0.2, 0.25) is 0 Å². The maximum atomic E-state index is 13.2. The Morgan fingerprint density at radius 3 is 2.38 bits per heavy atom. The number of methoxy groups -OCH3 is 1. The average Bonchev–Trinajstić information content (AvgIpc) is 2.27. The molecule has 0 aromatic heterocycles. The van der Waals surface area contributed by atoms with Crippen LogP contribution in [0.5, 0.6) is 0 Å². The van der Waals surface area contributed by atoms with Gasteiger partial charge in [-0.2, -0.15) is 8.78 Å². The van der Waals surface area contributed by atoms with Crippen molar-refractivity contribution in [3.8, 4) is 0 Å². The highest BCUT2D eigenvalue weighted by Gasteiger charge is 2.43. The molecule has 0 aliphatic heterocycles. The predicted octanol–water partition coefficient (Wildman–Crippen LogP) is 1.65. The van der Waals surface area contributed by atoms with Crippen LogP contribution in [0.15, 0.2) is 24.3 Å². The van der Waals surface area contributed by atoms with E-state index < -0.39 is 29.0 Å². The van der Waals surface area contributed by atoms with Crippen LogP contribution in [0.25, 0.3) is 0 Å². The summed E-state index contributed by atoms with van der Waals surface area (Å²) in [5, 5.41) is 8.37. The first-order valence-corrected chi connectivity index (χ1v) is 4.20. The van der Waals surface area contributed by atoms with Gasteiger partial charge in [-0.15, -0.1) is 0 Å². The van der Waals surface area contributed by atoms with Crippen LogP contribution in [-0.2, 0) is 15.5 Å². The predicted molar refractivity (Wildman–Crippen MR) is 49.3 cm³/mol. The van der Waals surface area contributed by atoms with Crippen LogP contribution < -0.4 is 0 Å². The van der Waals surface area contributed by atoms with Gasteiger partial charge in [-0.1, -0.05) is 18.2 Å². The number of aliphatic carboxylic acids is 1. The zero-order valence-corrected chi connectivity index (χ0v) is 8.24. The molecular formula is C10H8F2O4. The summed E-state index contributed by atoms with van der Waals surface area (Å²) in [7, 11) is 1.03. The van der Waals surface area contributed by atoms with Crippen molar-refractivity contribution in [1.29, 1.82) is 0 Å². The monoisotopic (exact) mass is 230 g/mol. The number of ether oxygens (including phenoxy) is 1. The summed E-state index contributed by atoms with van der Waals surface area (Å²) in [6.45, 7) is 0. The minimum Gasteiger partial charge on any atom is -0.477 e. The molecule has 1 N–H and O–H groups in total. The molecule has 0 unspecified atom stereocenters. The summed E-state index contributed by atoms with van der Waals surface area (Å²) in [5.74, 6) is -7.44. The van der Waals surface area contributed by atoms with Gasteiger partial charge >= 0.3 is 17.9 Å². The maximum Gasteiger partial charge on any atom is 0.379 e. The van der Waals surface area contributed by atoms with Crippen molar-refractivity contribution >= 4 is 11.9 Å². The highest BCUT2D eigenvalue weighted by Crippen LogP contribution is 2.31. The van der Waals surface area contributed by atoms with Gasteiger partial charge in [-0.25, -0.2) is 9.59 Å². The summed E-state index contributed by atoms with van der Waals surface area (Å²) in [5.41, 5.74) is -1.34. The van der Waals surface area contributed by atoms with Crippen LogP contribution in [0.1, 0.15) is 15.9 Å². The molecule has 0 heterocycles. The smallest absolute Gasteiger partial charge is 0.379 e. The number of carboxylic acids is 1. The second-order valence-corrected chi connectivity index (χ2v) is 2.92. The van der Waals surface area contributed by atoms with Gasteiger partial charge in [0.15, 0.2) is 0 Å². The number of hydrogen-bond acceptors (Lipinski definition) is 3. The van der Waals surface area contributed by atoms with E-state index >= 15 is 0 Å². The molecule has 0 spiro atoms. The first-order chi connectivity index (χ1) is 7.41. The molecule has 0 atom stereocenters. The van der Waals surface area contributed by atoms with Crippen LogP contribution in [-0.4, -0.2) is 24.2 Å². The summed E-state index contributed by atoms with van der Waals surface area (Å²) >= 11 is 0. The molecule has 1 rings (SSSR count). The third-order valence-corrected chi connectivity index (χ3v) is 1.94. The molecule has 1 aromatic carbocycles. The topological polar surface area (TPSA) is 63.6 Å². The van der Waals surface area contributed by atoms with Gasteiger partial charge in [0, 0.05) is 5.56 Å². The molecule has 0 saturated carbocycles. The maximum absolute atomic E-state index is 13.2. The Morgan fingerprint density at radius 1 is 1.31 bits per heavy atom. The van der Waals surface area contributed by atoms with Gasteiger partial charge in [0.25, 0.3) is 0 Å². The fourth-order valence-corrected chi connectivity index (χ4v) is 1.16. The number of alkyl halides is 2. The molecule has 0 fully saturated rings. The van der Waals surface area contributed by atoms with E-state index in [1.807, 2.05) is 0 Å². The SMILES string of the molecule is COC(=O)c1ccccc1C(F)(F)C(=O)O. The van der Waals surface area contributed by atoms with E-state index in [2.05, 4.69) is 4.74 Å². The molecule has 0 saturated heterocycles. The van der Waals surface area contributed by atoms with E-state index in [4.69, 9.17) is 5.11 Å². The summed E-state index contributed by atoms with van der Waals surface area (Å²) < 4.78 is 30.7. The molecule has 6 heteroatoms. The zero-order valence-electron chi connectivity index (χ0n) is 8.24. The molecule has 1 aromatic rings. The molecule has 0 radical (unpaired) electrons. The number of benzene rings is 1. The summed E-state index contributed by atoms with van der Waals surface area (Å²) in [6.07, 6.45) is 0. The van der Waals surface area contributed by atoms with Gasteiger partial charge in [0.1, 0.15) is 0 Å². The number of carboxylic acid groups (broad SMARTS) is 1. The number of rotatable bonds is 3. The van der Waals surface area contributed by atoms with E-state index in [1.54, 1.807) is 0 Å². The second kappa shape index (κ2) is 4.26. The Labute approximate surface area is 89.5 Å². The van der Waals surface area contributed by atoms with Crippen molar-refractivity contribution in [2.75, 3.05) is 7.11 Å². The fraction of sp³-hybridized carbons (Fsp3) is 0.200. The third-order valence-electron chi connectivity index (χ3n) is 1.94. The zero-order chi connectivity index (χ0) is 12.3. The van der Waals surface area contributed by atoms with Crippen molar-refractivity contribution < 1.29 is 28.2 Å². The van der Waals surface area contributed by atoms with E-state index in [-0.39, 0.29) is 0 Å². The molecule has 16 heavy (non-hydrogen) atoms. The van der Waals surface area contributed by atoms with E-state index in [0.29, 0.717) is 0 Å². The van der Waals surface area contributed by atoms with Crippen LogP contribution in [0.2, 0.25) is 0 Å².